The SMILES string of the molecule is O=C(O)CC(=O)OC[C@H]1O[C@@H](Oc2cccc3c2C(=O)c2c(O)cc(CO)cc2C3=O)[C@H](O)[C@@H](O)[C@@H]1O. The Morgan fingerprint density at radius 2 is 1.68 bits per heavy atom. The number of hydrogen-bond acceptors (Lipinski definition) is 12. The van der Waals surface area contributed by atoms with E-state index in [-0.39, 0.29) is 33.6 Å². The van der Waals surface area contributed by atoms with Crippen molar-refractivity contribution in [3.05, 3.63) is 58.1 Å². The van der Waals surface area contributed by atoms with Crippen LogP contribution in [0.25, 0.3) is 0 Å². The Kier molecular flexibility index (Phi) is 7.25. The molecule has 1 heterocycles. The Morgan fingerprint density at radius 3 is 2.35 bits per heavy atom. The number of phenolic OH excluding ortho intramolecular Hbond substituents is 1. The second kappa shape index (κ2) is 10.2. The highest BCUT2D eigenvalue weighted by Gasteiger charge is 2.46. The van der Waals surface area contributed by atoms with Crippen LogP contribution in [0.3, 0.4) is 0 Å². The van der Waals surface area contributed by atoms with Crippen molar-refractivity contribution >= 4 is 23.5 Å². The van der Waals surface area contributed by atoms with Crippen LogP contribution in [-0.2, 0) is 25.7 Å². The van der Waals surface area contributed by atoms with Crippen molar-refractivity contribution in [2.75, 3.05) is 6.61 Å². The second-order valence-electron chi connectivity index (χ2n) is 8.42. The van der Waals surface area contributed by atoms with E-state index in [1.165, 1.54) is 24.3 Å². The number of esters is 1. The fourth-order valence-corrected chi connectivity index (χ4v) is 4.14. The first kappa shape index (κ1) is 26.2. The van der Waals surface area contributed by atoms with Gasteiger partial charge in [-0.1, -0.05) is 12.1 Å². The van der Waals surface area contributed by atoms with Gasteiger partial charge < -0.3 is 44.8 Å². The first-order valence-electron chi connectivity index (χ1n) is 11.0. The molecule has 1 saturated heterocycles. The van der Waals surface area contributed by atoms with Gasteiger partial charge in [-0.15, -0.1) is 0 Å². The van der Waals surface area contributed by atoms with Crippen LogP contribution >= 0.6 is 0 Å². The monoisotopic (exact) mass is 518 g/mol. The van der Waals surface area contributed by atoms with Crippen LogP contribution in [0.2, 0.25) is 0 Å². The molecular formula is C24H22O13. The van der Waals surface area contributed by atoms with Crippen molar-refractivity contribution in [2.24, 2.45) is 0 Å². The van der Waals surface area contributed by atoms with Gasteiger partial charge in [0.2, 0.25) is 12.1 Å². The van der Waals surface area contributed by atoms with E-state index < -0.39 is 79.6 Å². The minimum Gasteiger partial charge on any atom is -0.507 e. The Labute approximate surface area is 208 Å². The van der Waals surface area contributed by atoms with Gasteiger partial charge in [-0.05, 0) is 23.8 Å². The smallest absolute Gasteiger partial charge is 0.317 e. The van der Waals surface area contributed by atoms with Crippen LogP contribution in [0.4, 0.5) is 0 Å². The van der Waals surface area contributed by atoms with Crippen LogP contribution in [0.15, 0.2) is 30.3 Å². The van der Waals surface area contributed by atoms with E-state index in [1.54, 1.807) is 0 Å². The predicted octanol–water partition coefficient (Wildman–Crippen LogP) is -1.14. The number of hydrogen-bond donors (Lipinski definition) is 6. The van der Waals surface area contributed by atoms with Crippen LogP contribution in [0, 0.1) is 0 Å². The Balaban J connectivity index is 1.62. The maximum atomic E-state index is 13.3. The van der Waals surface area contributed by atoms with Crippen molar-refractivity contribution in [1.82, 2.24) is 0 Å². The van der Waals surface area contributed by atoms with Gasteiger partial charge in [-0.25, -0.2) is 0 Å². The fourth-order valence-electron chi connectivity index (χ4n) is 4.14. The zero-order chi connectivity index (χ0) is 27.0. The summed E-state index contributed by atoms with van der Waals surface area (Å²) in [5, 5.41) is 59.2. The summed E-state index contributed by atoms with van der Waals surface area (Å²) in [5.41, 5.74) is -0.555. The molecule has 0 aromatic heterocycles. The average Bonchev–Trinajstić information content (AvgIpc) is 2.85. The van der Waals surface area contributed by atoms with Crippen molar-refractivity contribution in [3.63, 3.8) is 0 Å². The number of carboxylic acids is 1. The third kappa shape index (κ3) is 4.90. The fraction of sp³-hybridized carbons (Fsp3) is 0.333. The van der Waals surface area contributed by atoms with Gasteiger partial charge >= 0.3 is 11.9 Å². The topological polar surface area (TPSA) is 217 Å². The van der Waals surface area contributed by atoms with E-state index >= 15 is 0 Å². The van der Waals surface area contributed by atoms with Crippen molar-refractivity contribution in [1.29, 1.82) is 0 Å². The Morgan fingerprint density at radius 1 is 0.946 bits per heavy atom. The average molecular weight is 518 g/mol. The summed E-state index contributed by atoms with van der Waals surface area (Å²) < 4.78 is 15.8. The highest BCUT2D eigenvalue weighted by Crippen LogP contribution is 2.38. The largest absolute Gasteiger partial charge is 0.507 e. The van der Waals surface area contributed by atoms with Gasteiger partial charge in [-0.2, -0.15) is 0 Å². The number of aliphatic hydroxyl groups is 4. The molecule has 13 heteroatoms. The molecule has 196 valence electrons. The Bertz CT molecular complexity index is 1270. The molecule has 1 fully saturated rings. The number of aliphatic carboxylic acids is 1. The van der Waals surface area contributed by atoms with Gasteiger partial charge in [0, 0.05) is 11.1 Å². The van der Waals surface area contributed by atoms with E-state index in [4.69, 9.17) is 19.3 Å². The van der Waals surface area contributed by atoms with Crippen LogP contribution in [-0.4, -0.2) is 91.5 Å². The zero-order valence-electron chi connectivity index (χ0n) is 18.9. The molecule has 4 rings (SSSR count). The summed E-state index contributed by atoms with van der Waals surface area (Å²) in [6.45, 7) is -1.16. The van der Waals surface area contributed by atoms with Gasteiger partial charge in [0.25, 0.3) is 0 Å². The van der Waals surface area contributed by atoms with Crippen LogP contribution in [0.1, 0.15) is 43.8 Å². The summed E-state index contributed by atoms with van der Waals surface area (Å²) in [4.78, 5) is 48.6. The van der Waals surface area contributed by atoms with Crippen LogP contribution < -0.4 is 4.74 Å². The standard InChI is InChI=1S/C24H22O13/c25-7-9-4-11-17(12(26)5-9)21(32)18-10(19(11)30)2-1-3-13(18)36-24-23(34)22(33)20(31)14(37-24)8-35-16(29)6-15(27)28/h1-5,14,20,22-26,31,33-34H,6-8H2,(H,27,28)/t14-,20-,22+,23-,24-/m1/s1. The summed E-state index contributed by atoms with van der Waals surface area (Å²) in [7, 11) is 0. The number of carbonyl (C=O) groups is 4. The quantitative estimate of drug-likeness (QED) is 0.161. The van der Waals surface area contributed by atoms with Crippen molar-refractivity contribution in [3.8, 4) is 11.5 Å². The molecule has 37 heavy (non-hydrogen) atoms. The highest BCUT2D eigenvalue weighted by atomic mass is 16.7. The Hall–Kier alpha value is -3.88. The zero-order valence-corrected chi connectivity index (χ0v) is 18.9. The lowest BCUT2D eigenvalue weighted by Gasteiger charge is -2.40. The number of aromatic hydroxyl groups is 1. The van der Waals surface area contributed by atoms with Crippen molar-refractivity contribution < 1.29 is 64.0 Å². The molecule has 2 aromatic rings. The number of rotatable bonds is 7. The summed E-state index contributed by atoms with van der Waals surface area (Å²) in [5.74, 6) is -4.78. The number of aliphatic hydroxyl groups excluding tert-OH is 4. The molecule has 0 saturated carbocycles. The van der Waals surface area contributed by atoms with E-state index in [0.717, 1.165) is 6.07 Å². The molecule has 5 atom stereocenters. The number of phenols is 1. The molecule has 0 amide bonds. The minimum atomic E-state index is -1.85. The number of fused-ring (bicyclic) bond motifs is 2. The lowest BCUT2D eigenvalue weighted by molar-refractivity contribution is -0.278. The molecule has 0 radical (unpaired) electrons. The van der Waals surface area contributed by atoms with E-state index in [2.05, 4.69) is 0 Å². The van der Waals surface area contributed by atoms with Gasteiger partial charge in [0.05, 0.1) is 17.7 Å². The molecule has 2 aliphatic rings. The predicted molar refractivity (Wildman–Crippen MR) is 118 cm³/mol. The summed E-state index contributed by atoms with van der Waals surface area (Å²) in [6.07, 6.45) is -9.55. The highest BCUT2D eigenvalue weighted by molar-refractivity contribution is 6.30. The number of carboxylic acid groups (broad SMARTS) is 1. The van der Waals surface area contributed by atoms with Gasteiger partial charge in [-0.3, -0.25) is 19.2 Å². The number of benzene rings is 2. The molecular weight excluding hydrogens is 496 g/mol. The molecule has 1 aliphatic heterocycles. The summed E-state index contributed by atoms with van der Waals surface area (Å²) >= 11 is 0. The maximum Gasteiger partial charge on any atom is 0.317 e. The normalized spacial score (nSPS) is 24.7. The lowest BCUT2D eigenvalue weighted by Crippen LogP contribution is -2.60. The molecule has 1 aliphatic carbocycles. The lowest BCUT2D eigenvalue weighted by atomic mass is 9.82. The maximum absolute atomic E-state index is 13.3. The number of carbonyl (C=O) groups excluding carboxylic acids is 3. The second-order valence-corrected chi connectivity index (χ2v) is 8.42. The van der Waals surface area contributed by atoms with E-state index in [1.807, 2.05) is 0 Å². The third-order valence-corrected chi connectivity index (χ3v) is 5.95. The number of ether oxygens (including phenoxy) is 3. The third-order valence-electron chi connectivity index (χ3n) is 5.95. The molecule has 13 nitrogen and oxygen atoms in total. The summed E-state index contributed by atoms with van der Waals surface area (Å²) in [6, 6.07) is 6.43. The molecule has 0 spiro atoms. The first-order chi connectivity index (χ1) is 17.5. The minimum absolute atomic E-state index is 0.0884. The first-order valence-corrected chi connectivity index (χ1v) is 11.0. The molecule has 6 N–H and O–H groups in total. The molecule has 2 aromatic carbocycles. The van der Waals surface area contributed by atoms with E-state index in [0.29, 0.717) is 0 Å². The van der Waals surface area contributed by atoms with E-state index in [9.17, 15) is 44.7 Å². The van der Waals surface area contributed by atoms with Crippen molar-refractivity contribution in [2.45, 2.75) is 43.7 Å². The van der Waals surface area contributed by atoms with Gasteiger partial charge in [0.1, 0.15) is 48.9 Å². The van der Waals surface area contributed by atoms with Gasteiger partial charge in [0.15, 0.2) is 5.78 Å². The molecule has 0 unspecified atom stereocenters. The molecule has 0 bridgehead atoms. The van der Waals surface area contributed by atoms with Crippen LogP contribution in [0.5, 0.6) is 11.5 Å². The number of ketones is 2.